The quantitative estimate of drug-likeness (QED) is 0.259. The van der Waals surface area contributed by atoms with Crippen molar-refractivity contribution in [2.24, 2.45) is 0 Å². The highest BCUT2D eigenvalue weighted by Crippen LogP contribution is 2.08. The van der Waals surface area contributed by atoms with Gasteiger partial charge in [0, 0.05) is 7.11 Å². The van der Waals surface area contributed by atoms with Crippen LogP contribution in [0.3, 0.4) is 0 Å². The minimum absolute atomic E-state index is 0.132. The van der Waals surface area contributed by atoms with Gasteiger partial charge in [0.2, 0.25) is 0 Å². The maximum Gasteiger partial charge on any atom is 0.338 e. The summed E-state index contributed by atoms with van der Waals surface area (Å²) in [5.41, 5.74) is 0.533. The normalized spacial score (nSPS) is 11.4. The molecule has 8 nitrogen and oxygen atoms in total. The van der Waals surface area contributed by atoms with Crippen LogP contribution in [0.2, 0.25) is 0 Å². The maximum atomic E-state index is 11.9. The second-order valence-corrected chi connectivity index (χ2v) is 6.02. The van der Waals surface area contributed by atoms with Crippen LogP contribution in [0.1, 0.15) is 34.1 Å². The molecule has 27 heavy (non-hydrogen) atoms. The molecule has 9 heteroatoms. The number of carbonyl (C=O) groups is 4. The lowest BCUT2D eigenvalue weighted by Gasteiger charge is -2.09. The summed E-state index contributed by atoms with van der Waals surface area (Å²) in [5.74, 6) is -1.97. The van der Waals surface area contributed by atoms with Crippen molar-refractivity contribution in [3.05, 3.63) is 35.4 Å². The van der Waals surface area contributed by atoms with Crippen molar-refractivity contribution >= 4 is 36.3 Å². The number of rotatable bonds is 11. The molecule has 1 atom stereocenters. The van der Waals surface area contributed by atoms with Crippen LogP contribution < -0.4 is 0 Å². The van der Waals surface area contributed by atoms with Crippen LogP contribution in [-0.4, -0.2) is 62.5 Å². The topological polar surface area (TPSA) is 105 Å². The lowest BCUT2D eigenvalue weighted by atomic mass is 10.1. The molecule has 0 bridgehead atoms. The average Bonchev–Trinajstić information content (AvgIpc) is 2.65. The molecular weight excluding hydrogens is 376 g/mol. The van der Waals surface area contributed by atoms with Gasteiger partial charge in [0.05, 0.1) is 29.4 Å². The Balaban J connectivity index is 2.35. The standard InChI is InChI=1S/C18H22O8S/c1-12(19)15(27)11-16(20)24-9-10-26-18(22)14-5-3-13(4-6-14)17(21)25-8-7-23-2/h3-6,15,27H,7-11H2,1-2H3. The molecule has 1 rings (SSSR count). The van der Waals surface area contributed by atoms with Gasteiger partial charge in [0.1, 0.15) is 25.6 Å². The summed E-state index contributed by atoms with van der Waals surface area (Å²) >= 11 is 3.96. The molecule has 0 aromatic heterocycles. The first-order valence-corrected chi connectivity index (χ1v) is 8.64. The number of thiol groups is 1. The molecule has 0 radical (unpaired) electrons. The SMILES string of the molecule is COCCOC(=O)c1ccc(C(=O)OCCOC(=O)CC(S)C(C)=O)cc1. The Kier molecular flexibility index (Phi) is 10.1. The summed E-state index contributed by atoms with van der Waals surface area (Å²) in [6.07, 6.45) is -0.145. The molecular formula is C18H22O8S. The van der Waals surface area contributed by atoms with Gasteiger partial charge < -0.3 is 18.9 Å². The molecule has 0 fully saturated rings. The highest BCUT2D eigenvalue weighted by atomic mass is 32.1. The number of methoxy groups -OCH3 is 1. The smallest absolute Gasteiger partial charge is 0.338 e. The number of hydrogen-bond donors (Lipinski definition) is 1. The van der Waals surface area contributed by atoms with E-state index in [0.717, 1.165) is 0 Å². The van der Waals surface area contributed by atoms with E-state index in [-0.39, 0.29) is 37.6 Å². The van der Waals surface area contributed by atoms with Gasteiger partial charge in [-0.15, -0.1) is 0 Å². The minimum Gasteiger partial charge on any atom is -0.462 e. The van der Waals surface area contributed by atoms with E-state index >= 15 is 0 Å². The monoisotopic (exact) mass is 398 g/mol. The summed E-state index contributed by atoms with van der Waals surface area (Å²) < 4.78 is 19.6. The second-order valence-electron chi connectivity index (χ2n) is 5.39. The number of esters is 3. The lowest BCUT2D eigenvalue weighted by Crippen LogP contribution is -2.20. The number of Topliss-reactive ketones (excluding diaryl/α,β-unsaturated/α-hetero) is 1. The summed E-state index contributed by atoms with van der Waals surface area (Å²) in [5, 5.41) is -0.709. The van der Waals surface area contributed by atoms with E-state index in [9.17, 15) is 19.2 Å². The maximum absolute atomic E-state index is 11.9. The van der Waals surface area contributed by atoms with Crippen molar-refractivity contribution in [3.63, 3.8) is 0 Å². The number of hydrogen-bond acceptors (Lipinski definition) is 9. The molecule has 0 aliphatic heterocycles. The van der Waals surface area contributed by atoms with E-state index in [2.05, 4.69) is 12.6 Å². The Morgan fingerprint density at radius 1 is 0.852 bits per heavy atom. The Labute approximate surface area is 162 Å². The summed E-state index contributed by atoms with van der Waals surface area (Å²) in [6, 6.07) is 5.75. The predicted octanol–water partition coefficient (Wildman–Crippen LogP) is 1.47. The van der Waals surface area contributed by atoms with Crippen molar-refractivity contribution in [1.29, 1.82) is 0 Å². The summed E-state index contributed by atoms with van der Waals surface area (Å²) in [4.78, 5) is 46.1. The lowest BCUT2D eigenvalue weighted by molar-refractivity contribution is -0.145. The van der Waals surface area contributed by atoms with Gasteiger partial charge in [0.15, 0.2) is 0 Å². The van der Waals surface area contributed by atoms with Crippen molar-refractivity contribution in [3.8, 4) is 0 Å². The first kappa shape index (κ1) is 22.7. The van der Waals surface area contributed by atoms with Crippen LogP contribution in [-0.2, 0) is 28.5 Å². The van der Waals surface area contributed by atoms with Crippen LogP contribution in [0.25, 0.3) is 0 Å². The molecule has 1 aromatic rings. The molecule has 0 saturated carbocycles. The van der Waals surface area contributed by atoms with E-state index in [1.165, 1.54) is 38.3 Å². The van der Waals surface area contributed by atoms with Gasteiger partial charge in [-0.1, -0.05) is 0 Å². The minimum atomic E-state index is -0.709. The van der Waals surface area contributed by atoms with Crippen molar-refractivity contribution in [2.45, 2.75) is 18.6 Å². The van der Waals surface area contributed by atoms with Gasteiger partial charge in [-0.2, -0.15) is 12.6 Å². The number of ketones is 1. The predicted molar refractivity (Wildman–Crippen MR) is 97.9 cm³/mol. The van der Waals surface area contributed by atoms with Gasteiger partial charge in [0.25, 0.3) is 0 Å². The van der Waals surface area contributed by atoms with E-state index in [1.807, 2.05) is 0 Å². The van der Waals surface area contributed by atoms with Gasteiger partial charge in [-0.25, -0.2) is 9.59 Å². The highest BCUT2D eigenvalue weighted by molar-refractivity contribution is 7.81. The van der Waals surface area contributed by atoms with Crippen LogP contribution in [0, 0.1) is 0 Å². The first-order chi connectivity index (χ1) is 12.8. The van der Waals surface area contributed by atoms with E-state index in [0.29, 0.717) is 12.2 Å². The largest absolute Gasteiger partial charge is 0.462 e. The molecule has 148 valence electrons. The van der Waals surface area contributed by atoms with Crippen LogP contribution >= 0.6 is 12.6 Å². The molecule has 0 spiro atoms. The number of benzene rings is 1. The van der Waals surface area contributed by atoms with Crippen molar-refractivity contribution < 1.29 is 38.1 Å². The molecule has 0 saturated heterocycles. The fourth-order valence-electron chi connectivity index (χ4n) is 1.78. The molecule has 0 aliphatic rings. The van der Waals surface area contributed by atoms with E-state index < -0.39 is 23.2 Å². The summed E-state index contributed by atoms with van der Waals surface area (Å²) in [7, 11) is 1.50. The fraction of sp³-hybridized carbons (Fsp3) is 0.444. The van der Waals surface area contributed by atoms with Gasteiger partial charge >= 0.3 is 17.9 Å². The fourth-order valence-corrected chi connectivity index (χ4v) is 1.93. The van der Waals surface area contributed by atoms with Gasteiger partial charge in [-0.05, 0) is 31.2 Å². The zero-order valence-corrected chi connectivity index (χ0v) is 16.0. The van der Waals surface area contributed by atoms with E-state index in [1.54, 1.807) is 0 Å². The Hall–Kier alpha value is -2.39. The van der Waals surface area contributed by atoms with Crippen LogP contribution in [0.4, 0.5) is 0 Å². The third-order valence-electron chi connectivity index (χ3n) is 3.29. The molecule has 0 aliphatic carbocycles. The van der Waals surface area contributed by atoms with Gasteiger partial charge in [-0.3, -0.25) is 9.59 Å². The summed E-state index contributed by atoms with van der Waals surface area (Å²) in [6.45, 7) is 1.50. The zero-order chi connectivity index (χ0) is 20.2. The molecule has 1 aromatic carbocycles. The molecule has 0 N–H and O–H groups in total. The van der Waals surface area contributed by atoms with Crippen LogP contribution in [0.15, 0.2) is 24.3 Å². The second kappa shape index (κ2) is 12.1. The van der Waals surface area contributed by atoms with Crippen molar-refractivity contribution in [1.82, 2.24) is 0 Å². The third kappa shape index (κ3) is 8.69. The van der Waals surface area contributed by atoms with Crippen LogP contribution in [0.5, 0.6) is 0 Å². The zero-order valence-electron chi connectivity index (χ0n) is 15.1. The Morgan fingerprint density at radius 2 is 1.30 bits per heavy atom. The third-order valence-corrected chi connectivity index (χ3v) is 3.83. The Bertz CT molecular complexity index is 656. The molecule has 1 unspecified atom stereocenters. The Morgan fingerprint density at radius 3 is 1.74 bits per heavy atom. The number of carbonyl (C=O) groups excluding carboxylic acids is 4. The first-order valence-electron chi connectivity index (χ1n) is 8.12. The average molecular weight is 398 g/mol. The van der Waals surface area contributed by atoms with E-state index in [4.69, 9.17) is 18.9 Å². The molecule has 0 amide bonds. The number of ether oxygens (including phenoxy) is 4. The molecule has 0 heterocycles. The van der Waals surface area contributed by atoms with Crippen molar-refractivity contribution in [2.75, 3.05) is 33.5 Å². The highest BCUT2D eigenvalue weighted by Gasteiger charge is 2.15.